The Morgan fingerprint density at radius 3 is 2.50 bits per heavy atom. The molecule has 2 N–H and O–H groups in total. The lowest BCUT2D eigenvalue weighted by Crippen LogP contribution is -2.33. The first-order valence-corrected chi connectivity index (χ1v) is 5.49. The van der Waals surface area contributed by atoms with Gasteiger partial charge in [-0.3, -0.25) is 4.79 Å². The van der Waals surface area contributed by atoms with Crippen LogP contribution in [0.3, 0.4) is 0 Å². The molecule has 2 fully saturated rings. The summed E-state index contributed by atoms with van der Waals surface area (Å²) in [4.78, 5) is 11.7. The third kappa shape index (κ3) is 1.11. The molecule has 0 aromatic carbocycles. The Morgan fingerprint density at radius 1 is 1.36 bits per heavy atom. The standard InChI is InChI=1S/C11H19NO2/c1-14-9(13)11(8-12)7-10(11)5-3-2-4-6-10/h2-8,12H2,1H3/t11-/m0/s1. The molecule has 3 nitrogen and oxygen atoms in total. The van der Waals surface area contributed by atoms with Gasteiger partial charge < -0.3 is 10.5 Å². The molecule has 0 aliphatic heterocycles. The normalized spacial score (nSPS) is 34.1. The van der Waals surface area contributed by atoms with Gasteiger partial charge in [0.1, 0.15) is 0 Å². The van der Waals surface area contributed by atoms with E-state index in [2.05, 4.69) is 0 Å². The van der Waals surface area contributed by atoms with Crippen molar-refractivity contribution in [2.45, 2.75) is 38.5 Å². The van der Waals surface area contributed by atoms with Crippen LogP contribution in [0.5, 0.6) is 0 Å². The Bertz CT molecular complexity index is 246. The van der Waals surface area contributed by atoms with E-state index in [-0.39, 0.29) is 16.8 Å². The van der Waals surface area contributed by atoms with Crippen molar-refractivity contribution in [2.75, 3.05) is 13.7 Å². The predicted octanol–water partition coefficient (Wildman–Crippen LogP) is 1.46. The van der Waals surface area contributed by atoms with Crippen molar-refractivity contribution in [3.63, 3.8) is 0 Å². The van der Waals surface area contributed by atoms with Crippen LogP contribution in [0.2, 0.25) is 0 Å². The fourth-order valence-electron chi connectivity index (χ4n) is 3.27. The molecule has 0 radical (unpaired) electrons. The molecule has 2 saturated carbocycles. The highest BCUT2D eigenvalue weighted by Crippen LogP contribution is 2.70. The molecule has 2 aliphatic rings. The van der Waals surface area contributed by atoms with Crippen LogP contribution in [0.25, 0.3) is 0 Å². The quantitative estimate of drug-likeness (QED) is 0.682. The highest BCUT2D eigenvalue weighted by Gasteiger charge is 2.70. The van der Waals surface area contributed by atoms with E-state index in [0.29, 0.717) is 6.54 Å². The number of methoxy groups -OCH3 is 1. The van der Waals surface area contributed by atoms with Gasteiger partial charge in [0.05, 0.1) is 12.5 Å². The van der Waals surface area contributed by atoms with E-state index in [1.54, 1.807) is 0 Å². The second-order valence-electron chi connectivity index (χ2n) is 4.80. The molecule has 2 rings (SSSR count). The lowest BCUT2D eigenvalue weighted by atomic mass is 9.79. The van der Waals surface area contributed by atoms with E-state index in [1.807, 2.05) is 0 Å². The van der Waals surface area contributed by atoms with Crippen LogP contribution < -0.4 is 5.73 Å². The molecule has 1 atom stereocenters. The van der Waals surface area contributed by atoms with Crippen LogP contribution in [0.4, 0.5) is 0 Å². The van der Waals surface area contributed by atoms with Crippen molar-refractivity contribution in [3.8, 4) is 0 Å². The van der Waals surface area contributed by atoms with E-state index in [4.69, 9.17) is 10.5 Å². The Hall–Kier alpha value is -0.570. The minimum absolute atomic E-state index is 0.0816. The monoisotopic (exact) mass is 197 g/mol. The summed E-state index contributed by atoms with van der Waals surface area (Å²) in [6.45, 7) is 0.458. The number of hydrogen-bond donors (Lipinski definition) is 1. The lowest BCUT2D eigenvalue weighted by molar-refractivity contribution is -0.148. The van der Waals surface area contributed by atoms with Crippen molar-refractivity contribution in [2.24, 2.45) is 16.6 Å². The first kappa shape index (κ1) is 9.97. The van der Waals surface area contributed by atoms with Crippen LogP contribution >= 0.6 is 0 Å². The topological polar surface area (TPSA) is 52.3 Å². The zero-order valence-corrected chi connectivity index (χ0v) is 8.84. The first-order valence-electron chi connectivity index (χ1n) is 5.49. The zero-order chi connectivity index (χ0) is 10.2. The molecule has 0 bridgehead atoms. The Balaban J connectivity index is 2.14. The van der Waals surface area contributed by atoms with Crippen molar-refractivity contribution in [1.29, 1.82) is 0 Å². The van der Waals surface area contributed by atoms with E-state index in [0.717, 1.165) is 6.42 Å². The molecule has 0 saturated heterocycles. The van der Waals surface area contributed by atoms with Gasteiger partial charge in [0.15, 0.2) is 0 Å². The van der Waals surface area contributed by atoms with E-state index >= 15 is 0 Å². The molecule has 0 amide bonds. The Morgan fingerprint density at radius 2 is 2.00 bits per heavy atom. The number of rotatable bonds is 2. The average molecular weight is 197 g/mol. The van der Waals surface area contributed by atoms with Gasteiger partial charge >= 0.3 is 5.97 Å². The molecule has 0 aromatic rings. The number of ether oxygens (including phenoxy) is 1. The predicted molar refractivity (Wildman–Crippen MR) is 53.6 cm³/mol. The zero-order valence-electron chi connectivity index (χ0n) is 8.84. The number of carbonyl (C=O) groups is 1. The number of nitrogens with two attached hydrogens (primary N) is 1. The molecule has 1 spiro atoms. The second kappa shape index (κ2) is 3.23. The van der Waals surface area contributed by atoms with Gasteiger partial charge in [-0.05, 0) is 24.7 Å². The molecule has 0 aromatic heterocycles. The van der Waals surface area contributed by atoms with E-state index < -0.39 is 0 Å². The third-order valence-electron chi connectivity index (χ3n) is 4.27. The van der Waals surface area contributed by atoms with Crippen molar-refractivity contribution < 1.29 is 9.53 Å². The van der Waals surface area contributed by atoms with Crippen molar-refractivity contribution in [3.05, 3.63) is 0 Å². The van der Waals surface area contributed by atoms with Crippen molar-refractivity contribution in [1.82, 2.24) is 0 Å². The summed E-state index contributed by atoms with van der Waals surface area (Å²) in [7, 11) is 1.47. The molecule has 14 heavy (non-hydrogen) atoms. The van der Waals surface area contributed by atoms with E-state index in [1.165, 1.54) is 39.2 Å². The van der Waals surface area contributed by atoms with Gasteiger partial charge in [0, 0.05) is 6.54 Å². The maximum atomic E-state index is 11.7. The summed E-state index contributed by atoms with van der Waals surface area (Å²) in [5.74, 6) is -0.0816. The molecule has 0 unspecified atom stereocenters. The Labute approximate surface area is 85.0 Å². The fraction of sp³-hybridized carbons (Fsp3) is 0.909. The molecule has 0 heterocycles. The van der Waals surface area contributed by atoms with Gasteiger partial charge in [0.25, 0.3) is 0 Å². The summed E-state index contributed by atoms with van der Waals surface area (Å²) < 4.78 is 4.88. The summed E-state index contributed by atoms with van der Waals surface area (Å²) in [5, 5.41) is 0. The SMILES string of the molecule is COC(=O)[C@@]1(CN)CC12CCCCC2. The highest BCUT2D eigenvalue weighted by atomic mass is 16.5. The highest BCUT2D eigenvalue weighted by molar-refractivity contribution is 5.82. The largest absolute Gasteiger partial charge is 0.469 e. The summed E-state index contributed by atoms with van der Waals surface area (Å²) in [6, 6.07) is 0. The minimum Gasteiger partial charge on any atom is -0.469 e. The van der Waals surface area contributed by atoms with Crippen LogP contribution in [0, 0.1) is 10.8 Å². The summed E-state index contributed by atoms with van der Waals surface area (Å²) in [6.07, 6.45) is 7.10. The fourth-order valence-corrected chi connectivity index (χ4v) is 3.27. The van der Waals surface area contributed by atoms with Crippen LogP contribution in [0.1, 0.15) is 38.5 Å². The second-order valence-corrected chi connectivity index (χ2v) is 4.80. The summed E-state index contributed by atoms with van der Waals surface area (Å²) in [5.41, 5.74) is 5.65. The van der Waals surface area contributed by atoms with E-state index in [9.17, 15) is 4.79 Å². The summed E-state index contributed by atoms with van der Waals surface area (Å²) >= 11 is 0. The lowest BCUT2D eigenvalue weighted by Gasteiger charge is -2.26. The van der Waals surface area contributed by atoms with Crippen LogP contribution in [0.15, 0.2) is 0 Å². The third-order valence-corrected chi connectivity index (χ3v) is 4.27. The molecular weight excluding hydrogens is 178 g/mol. The average Bonchev–Trinajstić information content (AvgIpc) is 2.87. The maximum absolute atomic E-state index is 11.7. The van der Waals surface area contributed by atoms with Crippen LogP contribution in [-0.2, 0) is 9.53 Å². The first-order chi connectivity index (χ1) is 6.71. The van der Waals surface area contributed by atoms with Crippen molar-refractivity contribution >= 4 is 5.97 Å². The van der Waals surface area contributed by atoms with Gasteiger partial charge in [-0.2, -0.15) is 0 Å². The van der Waals surface area contributed by atoms with Crippen LogP contribution in [-0.4, -0.2) is 19.6 Å². The number of carbonyl (C=O) groups excluding carboxylic acids is 1. The van der Waals surface area contributed by atoms with Gasteiger partial charge in [-0.1, -0.05) is 19.3 Å². The number of hydrogen-bond acceptors (Lipinski definition) is 3. The molecule has 3 heteroatoms. The molecule has 80 valence electrons. The smallest absolute Gasteiger partial charge is 0.313 e. The molecule has 2 aliphatic carbocycles. The van der Waals surface area contributed by atoms with Gasteiger partial charge in [-0.25, -0.2) is 0 Å². The maximum Gasteiger partial charge on any atom is 0.313 e. The minimum atomic E-state index is -0.317. The van der Waals surface area contributed by atoms with Gasteiger partial charge in [-0.15, -0.1) is 0 Å². The number of esters is 1. The Kier molecular flexibility index (Phi) is 2.30. The molecular formula is C11H19NO2. The van der Waals surface area contributed by atoms with Gasteiger partial charge in [0.2, 0.25) is 0 Å².